The average Bonchev–Trinajstić information content (AvgIpc) is 2.17. The van der Waals surface area contributed by atoms with Gasteiger partial charge in [-0.25, -0.2) is 9.78 Å². The molecule has 4 nitrogen and oxygen atoms in total. The van der Waals surface area contributed by atoms with Crippen LogP contribution in [0.2, 0.25) is 5.02 Å². The number of nitrogens with zero attached hydrogens (tertiary/aromatic N) is 2. The molecule has 0 aliphatic heterocycles. The first-order valence-corrected chi connectivity index (χ1v) is 5.51. The number of pyridine rings is 1. The molecule has 0 atom stereocenters. The number of rotatable bonds is 4. The van der Waals surface area contributed by atoms with Gasteiger partial charge in [-0.05, 0) is 32.9 Å². The number of hydrogen-bond acceptors (Lipinski definition) is 3. The van der Waals surface area contributed by atoms with Crippen LogP contribution in [0.1, 0.15) is 31.3 Å². The highest BCUT2D eigenvalue weighted by Crippen LogP contribution is 2.20. The summed E-state index contributed by atoms with van der Waals surface area (Å²) < 4.78 is 0. The Morgan fingerprint density at radius 2 is 2.19 bits per heavy atom. The first kappa shape index (κ1) is 12.8. The van der Waals surface area contributed by atoms with Gasteiger partial charge < -0.3 is 10.0 Å². The van der Waals surface area contributed by atoms with Gasteiger partial charge in [-0.2, -0.15) is 0 Å². The smallest absolute Gasteiger partial charge is 0.354 e. The molecule has 1 aromatic rings. The SMILES string of the molecule is CCN(c1cc(Cl)cc(C(=O)O)n1)C(C)C. The van der Waals surface area contributed by atoms with E-state index in [0.717, 1.165) is 6.54 Å². The fourth-order valence-corrected chi connectivity index (χ4v) is 1.73. The van der Waals surface area contributed by atoms with E-state index in [1.165, 1.54) is 6.07 Å². The number of anilines is 1. The standard InChI is InChI=1S/C11H15ClN2O2/c1-4-14(7(2)3)10-6-8(12)5-9(13-10)11(15)16/h5-7H,4H2,1-3H3,(H,15,16). The summed E-state index contributed by atoms with van der Waals surface area (Å²) in [6.45, 7) is 6.78. The van der Waals surface area contributed by atoms with Crippen molar-refractivity contribution in [3.05, 3.63) is 22.8 Å². The lowest BCUT2D eigenvalue weighted by atomic mass is 10.3. The summed E-state index contributed by atoms with van der Waals surface area (Å²) in [6.07, 6.45) is 0. The quantitative estimate of drug-likeness (QED) is 0.882. The monoisotopic (exact) mass is 242 g/mol. The van der Waals surface area contributed by atoms with Crippen molar-refractivity contribution in [2.45, 2.75) is 26.8 Å². The molecule has 0 aliphatic carbocycles. The van der Waals surface area contributed by atoms with Gasteiger partial charge in [0.2, 0.25) is 0 Å². The minimum Gasteiger partial charge on any atom is -0.477 e. The van der Waals surface area contributed by atoms with E-state index in [1.54, 1.807) is 6.07 Å². The molecule has 88 valence electrons. The van der Waals surface area contributed by atoms with Crippen molar-refractivity contribution in [2.24, 2.45) is 0 Å². The molecule has 5 heteroatoms. The molecular formula is C11H15ClN2O2. The highest BCUT2D eigenvalue weighted by atomic mass is 35.5. The number of aromatic carboxylic acids is 1. The third-order valence-corrected chi connectivity index (χ3v) is 2.47. The molecule has 0 aliphatic rings. The molecule has 0 amide bonds. The van der Waals surface area contributed by atoms with Crippen LogP contribution >= 0.6 is 11.6 Å². The molecule has 0 saturated carbocycles. The van der Waals surface area contributed by atoms with Crippen molar-refractivity contribution >= 4 is 23.4 Å². The van der Waals surface area contributed by atoms with Crippen LogP contribution in [0.5, 0.6) is 0 Å². The maximum Gasteiger partial charge on any atom is 0.354 e. The Balaban J connectivity index is 3.17. The lowest BCUT2D eigenvalue weighted by Gasteiger charge is -2.26. The van der Waals surface area contributed by atoms with Gasteiger partial charge in [0, 0.05) is 17.6 Å². The van der Waals surface area contributed by atoms with Crippen molar-refractivity contribution in [3.8, 4) is 0 Å². The van der Waals surface area contributed by atoms with Gasteiger partial charge in [0.15, 0.2) is 5.69 Å². The second-order valence-electron chi connectivity index (χ2n) is 3.71. The molecule has 1 rings (SSSR count). The van der Waals surface area contributed by atoms with E-state index in [0.29, 0.717) is 10.8 Å². The molecule has 0 unspecified atom stereocenters. The van der Waals surface area contributed by atoms with E-state index in [-0.39, 0.29) is 11.7 Å². The van der Waals surface area contributed by atoms with E-state index < -0.39 is 5.97 Å². The van der Waals surface area contributed by atoms with E-state index in [4.69, 9.17) is 16.7 Å². The Kier molecular flexibility index (Phi) is 4.12. The van der Waals surface area contributed by atoms with Crippen LogP contribution < -0.4 is 4.90 Å². The van der Waals surface area contributed by atoms with E-state index in [2.05, 4.69) is 4.98 Å². The summed E-state index contributed by atoms with van der Waals surface area (Å²) in [5, 5.41) is 9.28. The van der Waals surface area contributed by atoms with Crippen molar-refractivity contribution in [3.63, 3.8) is 0 Å². The van der Waals surface area contributed by atoms with Crippen LogP contribution in [0.15, 0.2) is 12.1 Å². The van der Waals surface area contributed by atoms with E-state index in [1.807, 2.05) is 25.7 Å². The Morgan fingerprint density at radius 3 is 2.62 bits per heavy atom. The van der Waals surface area contributed by atoms with Crippen LogP contribution in [0.3, 0.4) is 0 Å². The second kappa shape index (κ2) is 5.16. The number of halogens is 1. The van der Waals surface area contributed by atoms with Gasteiger partial charge in [0.1, 0.15) is 5.82 Å². The van der Waals surface area contributed by atoms with Crippen molar-refractivity contribution < 1.29 is 9.90 Å². The second-order valence-corrected chi connectivity index (χ2v) is 4.15. The van der Waals surface area contributed by atoms with Crippen molar-refractivity contribution in [2.75, 3.05) is 11.4 Å². The van der Waals surface area contributed by atoms with Gasteiger partial charge in [0.05, 0.1) is 0 Å². The van der Waals surface area contributed by atoms with Gasteiger partial charge >= 0.3 is 5.97 Å². The lowest BCUT2D eigenvalue weighted by molar-refractivity contribution is 0.0690. The van der Waals surface area contributed by atoms with Gasteiger partial charge in [-0.3, -0.25) is 0 Å². The summed E-state index contributed by atoms with van der Waals surface area (Å²) >= 11 is 5.87. The zero-order chi connectivity index (χ0) is 12.3. The summed E-state index contributed by atoms with van der Waals surface area (Å²) in [7, 11) is 0. The Morgan fingerprint density at radius 1 is 1.56 bits per heavy atom. The highest BCUT2D eigenvalue weighted by Gasteiger charge is 2.14. The fraction of sp³-hybridized carbons (Fsp3) is 0.455. The van der Waals surface area contributed by atoms with E-state index >= 15 is 0 Å². The largest absolute Gasteiger partial charge is 0.477 e. The van der Waals surface area contributed by atoms with Crippen LogP contribution in [0.4, 0.5) is 5.82 Å². The number of carboxylic acids is 1. The number of hydrogen-bond donors (Lipinski definition) is 1. The topological polar surface area (TPSA) is 53.4 Å². The molecule has 16 heavy (non-hydrogen) atoms. The molecular weight excluding hydrogens is 228 g/mol. The average molecular weight is 243 g/mol. The molecule has 0 radical (unpaired) electrons. The third-order valence-electron chi connectivity index (χ3n) is 2.25. The summed E-state index contributed by atoms with van der Waals surface area (Å²) in [6, 6.07) is 3.27. The predicted molar refractivity (Wildman–Crippen MR) is 64.4 cm³/mol. The third kappa shape index (κ3) is 2.85. The van der Waals surface area contributed by atoms with Crippen LogP contribution in [-0.2, 0) is 0 Å². The van der Waals surface area contributed by atoms with Gasteiger partial charge in [0.25, 0.3) is 0 Å². The molecule has 0 saturated heterocycles. The van der Waals surface area contributed by atoms with Crippen molar-refractivity contribution in [1.29, 1.82) is 0 Å². The first-order chi connectivity index (χ1) is 7.45. The number of aromatic nitrogens is 1. The molecule has 0 spiro atoms. The molecule has 0 bridgehead atoms. The first-order valence-electron chi connectivity index (χ1n) is 5.13. The maximum absolute atomic E-state index is 10.8. The Bertz CT molecular complexity index is 394. The highest BCUT2D eigenvalue weighted by molar-refractivity contribution is 6.31. The zero-order valence-corrected chi connectivity index (χ0v) is 10.3. The predicted octanol–water partition coefficient (Wildman–Crippen LogP) is 2.67. The number of carbonyl (C=O) groups is 1. The Labute approximate surface area is 99.9 Å². The Hall–Kier alpha value is -1.29. The molecule has 1 heterocycles. The normalized spacial score (nSPS) is 10.6. The van der Waals surface area contributed by atoms with Crippen LogP contribution in [0, 0.1) is 0 Å². The maximum atomic E-state index is 10.8. The molecule has 1 N–H and O–H groups in total. The van der Waals surface area contributed by atoms with Crippen LogP contribution in [0.25, 0.3) is 0 Å². The van der Waals surface area contributed by atoms with Gasteiger partial charge in [-0.15, -0.1) is 0 Å². The van der Waals surface area contributed by atoms with Gasteiger partial charge in [-0.1, -0.05) is 11.6 Å². The summed E-state index contributed by atoms with van der Waals surface area (Å²) in [4.78, 5) is 16.9. The molecule has 0 aromatic carbocycles. The lowest BCUT2D eigenvalue weighted by Crippen LogP contribution is -2.31. The minimum atomic E-state index is -1.07. The number of carboxylic acid groups (broad SMARTS) is 1. The molecule has 0 fully saturated rings. The minimum absolute atomic E-state index is 0.0263. The van der Waals surface area contributed by atoms with Crippen LogP contribution in [-0.4, -0.2) is 28.6 Å². The molecule has 1 aromatic heterocycles. The van der Waals surface area contributed by atoms with Crippen molar-refractivity contribution in [1.82, 2.24) is 4.98 Å². The summed E-state index contributed by atoms with van der Waals surface area (Å²) in [5.74, 6) is -0.467. The summed E-state index contributed by atoms with van der Waals surface area (Å²) in [5.41, 5.74) is -0.0263. The zero-order valence-electron chi connectivity index (χ0n) is 9.57. The van der Waals surface area contributed by atoms with E-state index in [9.17, 15) is 4.79 Å². The fourth-order valence-electron chi connectivity index (χ4n) is 1.53.